The van der Waals surface area contributed by atoms with Crippen LogP contribution in [-0.2, 0) is 6.54 Å². The van der Waals surface area contributed by atoms with E-state index in [0.717, 1.165) is 17.3 Å². The van der Waals surface area contributed by atoms with Gasteiger partial charge in [-0.2, -0.15) is 0 Å². The molecule has 2 aromatic heterocycles. The van der Waals surface area contributed by atoms with Crippen LogP contribution >= 0.6 is 11.6 Å². The van der Waals surface area contributed by atoms with Gasteiger partial charge in [-0.15, -0.1) is 10.2 Å². The summed E-state index contributed by atoms with van der Waals surface area (Å²) in [7, 11) is 0. The van der Waals surface area contributed by atoms with E-state index >= 15 is 0 Å². The lowest BCUT2D eigenvalue weighted by Gasteiger charge is -2.00. The number of aryl methyl sites for hydroxylation is 3. The molecule has 2 heterocycles. The van der Waals surface area contributed by atoms with Crippen molar-refractivity contribution in [2.45, 2.75) is 27.3 Å². The molecule has 15 heavy (non-hydrogen) atoms. The van der Waals surface area contributed by atoms with Crippen LogP contribution in [0.2, 0.25) is 5.28 Å². The highest BCUT2D eigenvalue weighted by Crippen LogP contribution is 2.13. The summed E-state index contributed by atoms with van der Waals surface area (Å²) in [5.41, 5.74) is 0.895. The molecule has 80 valence electrons. The Labute approximate surface area is 92.1 Å². The first-order valence-electron chi connectivity index (χ1n) is 4.56. The smallest absolute Gasteiger partial charge is 0.225 e. The second-order valence-corrected chi connectivity index (χ2v) is 3.69. The number of hydrogen-bond donors (Lipinski definition) is 0. The second kappa shape index (κ2) is 3.66. The number of hydrogen-bond acceptors (Lipinski definition) is 4. The van der Waals surface area contributed by atoms with Crippen LogP contribution in [-0.4, -0.2) is 19.7 Å². The normalized spacial score (nSPS) is 10.9. The number of aromatic nitrogens is 4. The van der Waals surface area contributed by atoms with Crippen LogP contribution in [0.1, 0.15) is 23.2 Å². The number of rotatable bonds is 2. The van der Waals surface area contributed by atoms with Crippen LogP contribution in [0.4, 0.5) is 0 Å². The SMILES string of the molecule is Cc1nc(Cn2c(C)nnc2Cl)oc1C. The number of halogens is 1. The molecule has 2 aromatic rings. The third-order valence-corrected chi connectivity index (χ3v) is 2.54. The fraction of sp³-hybridized carbons (Fsp3) is 0.444. The van der Waals surface area contributed by atoms with Crippen LogP contribution in [0, 0.1) is 20.8 Å². The molecule has 0 aliphatic heterocycles. The van der Waals surface area contributed by atoms with Crippen molar-refractivity contribution in [3.05, 3.63) is 28.5 Å². The number of nitrogens with zero attached hydrogens (tertiary/aromatic N) is 4. The lowest BCUT2D eigenvalue weighted by atomic mass is 10.4. The molecule has 0 unspecified atom stereocenters. The quantitative estimate of drug-likeness (QED) is 0.785. The average Bonchev–Trinajstić information content (AvgIpc) is 2.64. The van der Waals surface area contributed by atoms with E-state index < -0.39 is 0 Å². The van der Waals surface area contributed by atoms with Gasteiger partial charge in [0.25, 0.3) is 0 Å². The first kappa shape index (κ1) is 10.2. The minimum Gasteiger partial charge on any atom is -0.444 e. The molecule has 0 amide bonds. The zero-order valence-electron chi connectivity index (χ0n) is 8.78. The van der Waals surface area contributed by atoms with Crippen LogP contribution in [0.15, 0.2) is 4.42 Å². The Morgan fingerprint density at radius 2 is 2.00 bits per heavy atom. The minimum atomic E-state index is 0.348. The van der Waals surface area contributed by atoms with Crippen molar-refractivity contribution >= 4 is 11.6 Å². The molecular weight excluding hydrogens is 216 g/mol. The Morgan fingerprint density at radius 1 is 1.27 bits per heavy atom. The summed E-state index contributed by atoms with van der Waals surface area (Å²) in [6, 6.07) is 0. The first-order valence-corrected chi connectivity index (χ1v) is 4.94. The highest BCUT2D eigenvalue weighted by Gasteiger charge is 2.11. The molecule has 0 fully saturated rings. The second-order valence-electron chi connectivity index (χ2n) is 3.35. The molecule has 6 heteroatoms. The molecule has 0 saturated carbocycles. The van der Waals surface area contributed by atoms with E-state index in [-0.39, 0.29) is 0 Å². The van der Waals surface area contributed by atoms with Crippen molar-refractivity contribution in [3.8, 4) is 0 Å². The fourth-order valence-electron chi connectivity index (χ4n) is 1.28. The number of oxazole rings is 1. The standard InChI is InChI=1S/C9H11ClN4O/c1-5-6(2)15-8(11-5)4-14-7(3)12-13-9(14)10/h4H2,1-3H3. The van der Waals surface area contributed by atoms with Crippen LogP contribution in [0.3, 0.4) is 0 Å². The lowest BCUT2D eigenvalue weighted by molar-refractivity contribution is 0.454. The monoisotopic (exact) mass is 226 g/mol. The van der Waals surface area contributed by atoms with Gasteiger partial charge in [0.15, 0.2) is 0 Å². The topological polar surface area (TPSA) is 56.7 Å². The van der Waals surface area contributed by atoms with Crippen molar-refractivity contribution in [2.75, 3.05) is 0 Å². The minimum absolute atomic E-state index is 0.348. The zero-order valence-corrected chi connectivity index (χ0v) is 9.54. The molecule has 2 rings (SSSR count). The highest BCUT2D eigenvalue weighted by atomic mass is 35.5. The maximum absolute atomic E-state index is 5.86. The van der Waals surface area contributed by atoms with E-state index in [1.165, 1.54) is 0 Å². The summed E-state index contributed by atoms with van der Waals surface area (Å²) in [5, 5.41) is 7.95. The molecule has 5 nitrogen and oxygen atoms in total. The van der Waals surface area contributed by atoms with Crippen molar-refractivity contribution < 1.29 is 4.42 Å². The van der Waals surface area contributed by atoms with Gasteiger partial charge in [-0.05, 0) is 32.4 Å². The summed E-state index contributed by atoms with van der Waals surface area (Å²) in [6.45, 7) is 6.09. The molecular formula is C9H11ClN4O. The molecule has 0 saturated heterocycles. The summed E-state index contributed by atoms with van der Waals surface area (Å²) in [6.07, 6.45) is 0. The molecule has 0 aliphatic carbocycles. The average molecular weight is 227 g/mol. The summed E-state index contributed by atoms with van der Waals surface area (Å²) >= 11 is 5.86. The van der Waals surface area contributed by atoms with E-state index in [1.807, 2.05) is 20.8 Å². The molecule has 0 bridgehead atoms. The van der Waals surface area contributed by atoms with Crippen molar-refractivity contribution in [2.24, 2.45) is 0 Å². The summed E-state index contributed by atoms with van der Waals surface area (Å²) in [4.78, 5) is 4.27. The van der Waals surface area contributed by atoms with E-state index in [0.29, 0.717) is 17.7 Å². The van der Waals surface area contributed by atoms with Crippen LogP contribution < -0.4 is 0 Å². The predicted molar refractivity (Wildman–Crippen MR) is 54.8 cm³/mol. The van der Waals surface area contributed by atoms with Gasteiger partial charge in [-0.3, -0.25) is 4.57 Å². The van der Waals surface area contributed by atoms with E-state index in [9.17, 15) is 0 Å². The highest BCUT2D eigenvalue weighted by molar-refractivity contribution is 6.28. The summed E-state index contributed by atoms with van der Waals surface area (Å²) in [5.74, 6) is 2.19. The maximum Gasteiger partial charge on any atom is 0.225 e. The fourth-order valence-corrected chi connectivity index (χ4v) is 1.50. The molecule has 0 radical (unpaired) electrons. The molecule has 0 aliphatic rings. The Bertz CT molecular complexity index is 449. The maximum atomic E-state index is 5.86. The zero-order chi connectivity index (χ0) is 11.0. The third kappa shape index (κ3) is 1.87. The van der Waals surface area contributed by atoms with Crippen LogP contribution in [0.5, 0.6) is 0 Å². The van der Waals surface area contributed by atoms with E-state index in [4.69, 9.17) is 16.0 Å². The third-order valence-electron chi connectivity index (χ3n) is 2.26. The molecule has 0 N–H and O–H groups in total. The van der Waals surface area contributed by atoms with E-state index in [1.54, 1.807) is 4.57 Å². The van der Waals surface area contributed by atoms with Gasteiger partial charge in [0.05, 0.1) is 5.69 Å². The largest absolute Gasteiger partial charge is 0.444 e. The molecule has 0 aromatic carbocycles. The van der Waals surface area contributed by atoms with Gasteiger partial charge >= 0.3 is 0 Å². The first-order chi connectivity index (χ1) is 7.08. The van der Waals surface area contributed by atoms with Gasteiger partial charge in [-0.1, -0.05) is 0 Å². The van der Waals surface area contributed by atoms with Gasteiger partial charge in [0.2, 0.25) is 11.2 Å². The van der Waals surface area contributed by atoms with Gasteiger partial charge in [-0.25, -0.2) is 4.98 Å². The molecule has 0 atom stereocenters. The Balaban J connectivity index is 2.29. The van der Waals surface area contributed by atoms with Gasteiger partial charge in [0, 0.05) is 0 Å². The lowest BCUT2D eigenvalue weighted by Crippen LogP contribution is -2.02. The molecule has 0 spiro atoms. The van der Waals surface area contributed by atoms with Gasteiger partial charge < -0.3 is 4.42 Å². The Kier molecular flexibility index (Phi) is 2.48. The van der Waals surface area contributed by atoms with Crippen molar-refractivity contribution in [1.29, 1.82) is 0 Å². The van der Waals surface area contributed by atoms with Crippen LogP contribution in [0.25, 0.3) is 0 Å². The van der Waals surface area contributed by atoms with Crippen molar-refractivity contribution in [1.82, 2.24) is 19.7 Å². The predicted octanol–water partition coefficient (Wildman–Crippen LogP) is 1.89. The Hall–Kier alpha value is -1.36. The van der Waals surface area contributed by atoms with E-state index in [2.05, 4.69) is 15.2 Å². The Morgan fingerprint density at radius 3 is 2.47 bits per heavy atom. The summed E-state index contributed by atoms with van der Waals surface area (Å²) < 4.78 is 7.19. The van der Waals surface area contributed by atoms with Crippen molar-refractivity contribution in [3.63, 3.8) is 0 Å². The van der Waals surface area contributed by atoms with Gasteiger partial charge in [0.1, 0.15) is 18.1 Å².